The lowest BCUT2D eigenvalue weighted by atomic mass is 10.1. The van der Waals surface area contributed by atoms with Crippen LogP contribution in [-0.2, 0) is 22.4 Å². The van der Waals surface area contributed by atoms with E-state index < -0.39 is 0 Å². The molecule has 3 rings (SSSR count). The van der Waals surface area contributed by atoms with E-state index >= 15 is 0 Å². The van der Waals surface area contributed by atoms with E-state index in [0.717, 1.165) is 30.7 Å². The zero-order valence-electron chi connectivity index (χ0n) is 12.3. The normalized spacial score (nSPS) is 21.9. The number of aromatic nitrogens is 1. The minimum Gasteiger partial charge on any atom is -0.355 e. The number of likely N-dealkylation sites (tertiary alicyclic amines) is 1. The van der Waals surface area contributed by atoms with Crippen molar-refractivity contribution in [2.45, 2.75) is 45.1 Å². The summed E-state index contributed by atoms with van der Waals surface area (Å²) in [6.07, 6.45) is 6.26. The Morgan fingerprint density at radius 2 is 2.33 bits per heavy atom. The van der Waals surface area contributed by atoms with Gasteiger partial charge in [0, 0.05) is 43.0 Å². The Morgan fingerprint density at radius 3 is 3.00 bits per heavy atom. The van der Waals surface area contributed by atoms with Gasteiger partial charge in [-0.1, -0.05) is 6.92 Å². The predicted octanol–water partition coefficient (Wildman–Crippen LogP) is 1.38. The molecule has 114 valence electrons. The Labute approximate surface area is 128 Å². The first-order chi connectivity index (χ1) is 10.2. The molecule has 0 aromatic carbocycles. The van der Waals surface area contributed by atoms with Gasteiger partial charge in [0.15, 0.2) is 0 Å². The highest BCUT2D eigenvalue weighted by Gasteiger charge is 2.41. The highest BCUT2D eigenvalue weighted by Crippen LogP contribution is 2.32. The third kappa shape index (κ3) is 3.43. The zero-order chi connectivity index (χ0) is 14.8. The van der Waals surface area contributed by atoms with Gasteiger partial charge >= 0.3 is 0 Å². The second kappa shape index (κ2) is 6.13. The third-order valence-electron chi connectivity index (χ3n) is 4.10. The van der Waals surface area contributed by atoms with E-state index in [1.165, 1.54) is 4.88 Å². The molecule has 21 heavy (non-hydrogen) atoms. The van der Waals surface area contributed by atoms with E-state index in [1.54, 1.807) is 11.3 Å². The Bertz CT molecular complexity index is 539. The zero-order valence-corrected chi connectivity index (χ0v) is 13.1. The monoisotopic (exact) mass is 307 g/mol. The molecular formula is C15H21N3O2S. The van der Waals surface area contributed by atoms with Crippen LogP contribution in [0.1, 0.15) is 36.1 Å². The van der Waals surface area contributed by atoms with Crippen LogP contribution in [0.5, 0.6) is 0 Å². The Kier molecular flexibility index (Phi) is 4.24. The molecule has 1 aromatic rings. The molecular weight excluding hydrogens is 286 g/mol. The second-order valence-electron chi connectivity index (χ2n) is 5.79. The van der Waals surface area contributed by atoms with Gasteiger partial charge in [0.05, 0.1) is 10.9 Å². The first kappa shape index (κ1) is 14.5. The number of aryl methyl sites for hydroxylation is 1. The maximum atomic E-state index is 12.1. The fourth-order valence-corrected chi connectivity index (χ4v) is 3.57. The highest BCUT2D eigenvalue weighted by molar-refractivity contribution is 7.11. The summed E-state index contributed by atoms with van der Waals surface area (Å²) in [4.78, 5) is 31.5. The minimum absolute atomic E-state index is 0.0128. The van der Waals surface area contributed by atoms with Gasteiger partial charge < -0.3 is 10.2 Å². The summed E-state index contributed by atoms with van der Waals surface area (Å²) in [5.74, 6) is -0.00969. The molecule has 1 atom stereocenters. The summed E-state index contributed by atoms with van der Waals surface area (Å²) in [7, 11) is 0. The maximum absolute atomic E-state index is 12.1. The minimum atomic E-state index is -0.166. The third-order valence-corrected chi connectivity index (χ3v) is 5.31. The quantitative estimate of drug-likeness (QED) is 0.863. The van der Waals surface area contributed by atoms with Crippen molar-refractivity contribution in [3.63, 3.8) is 0 Å². The van der Waals surface area contributed by atoms with Gasteiger partial charge in [-0.05, 0) is 19.3 Å². The van der Waals surface area contributed by atoms with Gasteiger partial charge in [-0.25, -0.2) is 4.98 Å². The van der Waals surface area contributed by atoms with E-state index in [0.29, 0.717) is 25.6 Å². The van der Waals surface area contributed by atoms with Gasteiger partial charge in [-0.3, -0.25) is 9.59 Å². The molecule has 6 heteroatoms. The molecule has 1 saturated carbocycles. The lowest BCUT2D eigenvalue weighted by molar-refractivity contribution is -0.129. The van der Waals surface area contributed by atoms with Gasteiger partial charge in [-0.15, -0.1) is 11.3 Å². The van der Waals surface area contributed by atoms with Crippen LogP contribution in [0.2, 0.25) is 0 Å². The van der Waals surface area contributed by atoms with Crippen LogP contribution in [0, 0.1) is 5.92 Å². The summed E-state index contributed by atoms with van der Waals surface area (Å²) < 4.78 is 0. The van der Waals surface area contributed by atoms with Crippen molar-refractivity contribution in [1.82, 2.24) is 15.2 Å². The topological polar surface area (TPSA) is 62.3 Å². The first-order valence-corrected chi connectivity index (χ1v) is 8.49. The highest BCUT2D eigenvalue weighted by atomic mass is 32.1. The Hall–Kier alpha value is -1.43. The summed E-state index contributed by atoms with van der Waals surface area (Å²) in [6, 6.07) is 0.415. The van der Waals surface area contributed by atoms with E-state index in [1.807, 2.05) is 11.1 Å². The Morgan fingerprint density at radius 1 is 1.52 bits per heavy atom. The average Bonchev–Trinajstić information content (AvgIpc) is 3.08. The van der Waals surface area contributed by atoms with Crippen molar-refractivity contribution in [1.29, 1.82) is 0 Å². The van der Waals surface area contributed by atoms with E-state index in [2.05, 4.69) is 17.2 Å². The number of hydrogen-bond acceptors (Lipinski definition) is 4. The summed E-state index contributed by atoms with van der Waals surface area (Å²) in [6.45, 7) is 3.32. The number of rotatable bonds is 6. The molecule has 5 nitrogen and oxygen atoms in total. The standard InChI is InChI=1S/C15H21N3O2S/c1-2-12-8-17-13(21-12)5-6-16-15(20)10-7-14(19)18(9-10)11-3-4-11/h8,10-11H,2-7,9H2,1H3,(H,16,20). The van der Waals surface area contributed by atoms with Crippen LogP contribution >= 0.6 is 11.3 Å². The molecule has 1 saturated heterocycles. The number of nitrogens with zero attached hydrogens (tertiary/aromatic N) is 2. The lowest BCUT2D eigenvalue weighted by Crippen LogP contribution is -2.34. The summed E-state index contributed by atoms with van der Waals surface area (Å²) in [5.41, 5.74) is 0. The first-order valence-electron chi connectivity index (χ1n) is 7.68. The molecule has 1 aromatic heterocycles. The van der Waals surface area contributed by atoms with Gasteiger partial charge in [-0.2, -0.15) is 0 Å². The van der Waals surface area contributed by atoms with Crippen LogP contribution in [0.3, 0.4) is 0 Å². The molecule has 1 aliphatic heterocycles. The fraction of sp³-hybridized carbons (Fsp3) is 0.667. The molecule has 0 spiro atoms. The largest absolute Gasteiger partial charge is 0.355 e. The number of amides is 2. The van der Waals surface area contributed by atoms with Crippen LogP contribution in [-0.4, -0.2) is 40.8 Å². The van der Waals surface area contributed by atoms with Crippen molar-refractivity contribution in [3.05, 3.63) is 16.1 Å². The van der Waals surface area contributed by atoms with Crippen LogP contribution < -0.4 is 5.32 Å². The number of carbonyl (C=O) groups excluding carboxylic acids is 2. The number of thiazole rings is 1. The molecule has 2 aliphatic rings. The van der Waals surface area contributed by atoms with Crippen molar-refractivity contribution < 1.29 is 9.59 Å². The summed E-state index contributed by atoms with van der Waals surface area (Å²) in [5, 5.41) is 4.01. The molecule has 1 aliphatic carbocycles. The SMILES string of the molecule is CCc1cnc(CCNC(=O)C2CC(=O)N(C3CC3)C2)s1. The van der Waals surface area contributed by atoms with Gasteiger partial charge in [0.2, 0.25) is 11.8 Å². The molecule has 2 heterocycles. The lowest BCUT2D eigenvalue weighted by Gasteiger charge is -2.15. The van der Waals surface area contributed by atoms with Gasteiger partial charge in [0.25, 0.3) is 0 Å². The van der Waals surface area contributed by atoms with Crippen molar-refractivity contribution in [3.8, 4) is 0 Å². The van der Waals surface area contributed by atoms with Crippen LogP contribution in [0.15, 0.2) is 6.20 Å². The fourth-order valence-electron chi connectivity index (χ4n) is 2.71. The number of nitrogens with one attached hydrogen (secondary N) is 1. The Balaban J connectivity index is 1.43. The van der Waals surface area contributed by atoms with Crippen LogP contribution in [0.4, 0.5) is 0 Å². The smallest absolute Gasteiger partial charge is 0.225 e. The molecule has 0 radical (unpaired) electrons. The predicted molar refractivity (Wildman–Crippen MR) is 81.0 cm³/mol. The van der Waals surface area contributed by atoms with E-state index in [-0.39, 0.29) is 17.7 Å². The molecule has 2 fully saturated rings. The molecule has 1 unspecified atom stereocenters. The maximum Gasteiger partial charge on any atom is 0.225 e. The molecule has 0 bridgehead atoms. The molecule has 2 amide bonds. The van der Waals surface area contributed by atoms with Crippen LogP contribution in [0.25, 0.3) is 0 Å². The molecule has 1 N–H and O–H groups in total. The van der Waals surface area contributed by atoms with Crippen molar-refractivity contribution >= 4 is 23.2 Å². The average molecular weight is 307 g/mol. The number of hydrogen-bond donors (Lipinski definition) is 1. The van der Waals surface area contributed by atoms with Crippen molar-refractivity contribution in [2.75, 3.05) is 13.1 Å². The number of carbonyl (C=O) groups is 2. The summed E-state index contributed by atoms with van der Waals surface area (Å²) >= 11 is 1.70. The van der Waals surface area contributed by atoms with E-state index in [9.17, 15) is 9.59 Å². The van der Waals surface area contributed by atoms with E-state index in [4.69, 9.17) is 0 Å². The second-order valence-corrected chi connectivity index (χ2v) is 6.99. The van der Waals surface area contributed by atoms with Gasteiger partial charge in [0.1, 0.15) is 0 Å². The van der Waals surface area contributed by atoms with Crippen molar-refractivity contribution in [2.24, 2.45) is 5.92 Å².